The van der Waals surface area contributed by atoms with Gasteiger partial charge >= 0.3 is 5.97 Å². The molecule has 4 rings (SSSR count). The number of rotatable bonds is 4. The van der Waals surface area contributed by atoms with Crippen LogP contribution in [-0.2, 0) is 4.79 Å². The number of carbonyl (C=O) groups is 2. The lowest BCUT2D eigenvalue weighted by molar-refractivity contribution is -0.145. The van der Waals surface area contributed by atoms with Gasteiger partial charge in [0, 0.05) is 6.07 Å². The van der Waals surface area contributed by atoms with Crippen molar-refractivity contribution >= 4 is 11.9 Å². The van der Waals surface area contributed by atoms with Crippen LogP contribution in [0.1, 0.15) is 48.3 Å². The number of hydrogen-bond donors (Lipinski definition) is 2. The molecule has 0 saturated heterocycles. The number of carboxylic acid groups (broad SMARTS) is 1. The van der Waals surface area contributed by atoms with E-state index in [-0.39, 0.29) is 5.69 Å². The zero-order valence-corrected chi connectivity index (χ0v) is 15.6. The number of aromatic nitrogens is 3. The van der Waals surface area contributed by atoms with Crippen LogP contribution in [-0.4, -0.2) is 50.7 Å². The van der Waals surface area contributed by atoms with Gasteiger partial charge in [-0.3, -0.25) is 4.79 Å². The molecule has 28 heavy (non-hydrogen) atoms. The number of nitrogens with one attached hydrogen (secondary N) is 1. The molecule has 2 aromatic rings. The van der Waals surface area contributed by atoms with Crippen molar-refractivity contribution in [3.8, 4) is 17.2 Å². The van der Waals surface area contributed by atoms with Crippen molar-refractivity contribution < 1.29 is 24.2 Å². The lowest BCUT2D eigenvalue weighted by atomic mass is 9.81. The van der Waals surface area contributed by atoms with Gasteiger partial charge in [0.05, 0.1) is 11.4 Å². The van der Waals surface area contributed by atoms with Crippen molar-refractivity contribution in [1.29, 1.82) is 0 Å². The zero-order valence-electron chi connectivity index (χ0n) is 15.6. The van der Waals surface area contributed by atoms with Crippen molar-refractivity contribution in [2.75, 3.05) is 13.2 Å². The summed E-state index contributed by atoms with van der Waals surface area (Å²) in [6.45, 7) is 2.70. The van der Waals surface area contributed by atoms with Gasteiger partial charge < -0.3 is 19.9 Å². The van der Waals surface area contributed by atoms with Gasteiger partial charge in [0.1, 0.15) is 18.8 Å². The van der Waals surface area contributed by atoms with Crippen LogP contribution in [0.15, 0.2) is 18.2 Å². The first-order chi connectivity index (χ1) is 13.5. The molecule has 2 heterocycles. The maximum Gasteiger partial charge on any atom is 0.329 e. The van der Waals surface area contributed by atoms with E-state index in [1.807, 2.05) is 0 Å². The molecule has 1 saturated carbocycles. The fourth-order valence-electron chi connectivity index (χ4n) is 3.77. The molecule has 9 heteroatoms. The first kappa shape index (κ1) is 18.3. The molecule has 1 aromatic heterocycles. The molecule has 1 fully saturated rings. The maximum absolute atomic E-state index is 12.8. The monoisotopic (exact) mass is 386 g/mol. The number of carboxylic acids is 1. The van der Waals surface area contributed by atoms with E-state index in [4.69, 9.17) is 9.47 Å². The van der Waals surface area contributed by atoms with E-state index in [2.05, 4.69) is 15.6 Å². The highest BCUT2D eigenvalue weighted by Crippen LogP contribution is 2.32. The van der Waals surface area contributed by atoms with Gasteiger partial charge in [-0.05, 0) is 31.9 Å². The van der Waals surface area contributed by atoms with Crippen LogP contribution in [0.3, 0.4) is 0 Å². The normalized spacial score (nSPS) is 17.8. The number of carbonyl (C=O) groups excluding carboxylic acids is 1. The van der Waals surface area contributed by atoms with Gasteiger partial charge in [0.25, 0.3) is 5.91 Å². The summed E-state index contributed by atoms with van der Waals surface area (Å²) in [6, 6.07) is 5.36. The summed E-state index contributed by atoms with van der Waals surface area (Å²) in [4.78, 5) is 24.6. The number of ether oxygens (including phenoxy) is 2. The molecule has 1 aliphatic carbocycles. The molecule has 0 spiro atoms. The van der Waals surface area contributed by atoms with Gasteiger partial charge in [-0.15, -0.1) is 5.10 Å². The molecule has 0 atom stereocenters. The molecule has 1 aliphatic heterocycles. The zero-order chi connectivity index (χ0) is 19.7. The predicted molar refractivity (Wildman–Crippen MR) is 98.0 cm³/mol. The Hall–Kier alpha value is -3.10. The summed E-state index contributed by atoms with van der Waals surface area (Å²) in [5.74, 6) is -0.258. The highest BCUT2D eigenvalue weighted by Gasteiger charge is 2.41. The molecule has 1 aromatic carbocycles. The Morgan fingerprint density at radius 1 is 1.14 bits per heavy atom. The minimum Gasteiger partial charge on any atom is -0.486 e. The topological polar surface area (TPSA) is 116 Å². The van der Waals surface area contributed by atoms with E-state index in [9.17, 15) is 14.7 Å². The van der Waals surface area contributed by atoms with Crippen molar-refractivity contribution in [2.24, 2.45) is 0 Å². The Morgan fingerprint density at radius 2 is 1.86 bits per heavy atom. The third-order valence-electron chi connectivity index (χ3n) is 5.35. The highest BCUT2D eigenvalue weighted by molar-refractivity contribution is 5.97. The third kappa shape index (κ3) is 3.17. The number of benzene rings is 1. The highest BCUT2D eigenvalue weighted by atomic mass is 16.6. The van der Waals surface area contributed by atoms with Crippen LogP contribution in [0.5, 0.6) is 11.5 Å². The van der Waals surface area contributed by atoms with Crippen LogP contribution >= 0.6 is 0 Å². The van der Waals surface area contributed by atoms with Gasteiger partial charge in [-0.2, -0.15) is 0 Å². The molecule has 2 aliphatic rings. The number of fused-ring (bicyclic) bond motifs is 1. The predicted octanol–water partition coefficient (Wildman–Crippen LogP) is 1.86. The second-order valence-corrected chi connectivity index (χ2v) is 7.17. The van der Waals surface area contributed by atoms with E-state index in [1.165, 1.54) is 4.68 Å². The first-order valence-electron chi connectivity index (χ1n) is 9.38. The van der Waals surface area contributed by atoms with Crippen LogP contribution in [0.2, 0.25) is 0 Å². The summed E-state index contributed by atoms with van der Waals surface area (Å²) in [5.41, 5.74) is 0.0771. The fourth-order valence-corrected chi connectivity index (χ4v) is 3.77. The SMILES string of the molecule is Cc1c(C(=O)NC2(C(=O)O)CCCCC2)nnn1-c1ccc2c(c1)OCCO2. The van der Waals surface area contributed by atoms with Crippen LogP contribution in [0.25, 0.3) is 5.69 Å². The molecule has 0 unspecified atom stereocenters. The van der Waals surface area contributed by atoms with Gasteiger partial charge in [0.2, 0.25) is 0 Å². The van der Waals surface area contributed by atoms with Crippen molar-refractivity contribution in [1.82, 2.24) is 20.3 Å². The van der Waals surface area contributed by atoms with Crippen LogP contribution < -0.4 is 14.8 Å². The second-order valence-electron chi connectivity index (χ2n) is 7.17. The molecule has 9 nitrogen and oxygen atoms in total. The van der Waals surface area contributed by atoms with E-state index >= 15 is 0 Å². The number of nitrogens with zero attached hydrogens (tertiary/aromatic N) is 3. The molecular formula is C19H22N4O5. The lowest BCUT2D eigenvalue weighted by Gasteiger charge is -2.33. The van der Waals surface area contributed by atoms with Gasteiger partial charge in [-0.1, -0.05) is 24.5 Å². The largest absolute Gasteiger partial charge is 0.486 e. The minimum absolute atomic E-state index is 0.112. The van der Waals surface area contributed by atoms with Gasteiger partial charge in [0.15, 0.2) is 17.2 Å². The van der Waals surface area contributed by atoms with Gasteiger partial charge in [-0.25, -0.2) is 9.48 Å². The van der Waals surface area contributed by atoms with Crippen molar-refractivity contribution in [3.63, 3.8) is 0 Å². The maximum atomic E-state index is 12.8. The summed E-state index contributed by atoms with van der Waals surface area (Å²) in [5, 5.41) is 20.4. The van der Waals surface area contributed by atoms with Crippen LogP contribution in [0, 0.1) is 6.92 Å². The number of aliphatic carboxylic acids is 1. The minimum atomic E-state index is -1.23. The van der Waals surface area contributed by atoms with E-state index in [0.717, 1.165) is 19.3 Å². The smallest absolute Gasteiger partial charge is 0.329 e. The Bertz CT molecular complexity index is 917. The first-order valence-corrected chi connectivity index (χ1v) is 9.38. The Kier molecular flexibility index (Phi) is 4.66. The summed E-state index contributed by atoms with van der Waals surface area (Å²) in [6.07, 6.45) is 3.36. The third-order valence-corrected chi connectivity index (χ3v) is 5.35. The summed E-state index contributed by atoms with van der Waals surface area (Å²) >= 11 is 0. The molecule has 0 radical (unpaired) electrons. The second kappa shape index (κ2) is 7.14. The lowest BCUT2D eigenvalue weighted by Crippen LogP contribution is -2.55. The molecular weight excluding hydrogens is 364 g/mol. The Labute approximate surface area is 161 Å². The summed E-state index contributed by atoms with van der Waals surface area (Å²) < 4.78 is 12.6. The number of hydrogen-bond acceptors (Lipinski definition) is 6. The number of amides is 1. The standard InChI is InChI=1S/C19H22N4O5/c1-12-16(17(24)20-19(18(25)26)7-3-2-4-8-19)21-22-23(12)13-5-6-14-15(11-13)28-10-9-27-14/h5-6,11H,2-4,7-10H2,1H3,(H,20,24)(H,25,26). The van der Waals surface area contributed by atoms with E-state index in [0.29, 0.717) is 48.9 Å². The molecule has 148 valence electrons. The van der Waals surface area contributed by atoms with E-state index < -0.39 is 17.4 Å². The average Bonchev–Trinajstić information content (AvgIpc) is 3.09. The molecule has 2 N–H and O–H groups in total. The Balaban J connectivity index is 1.59. The average molecular weight is 386 g/mol. The van der Waals surface area contributed by atoms with Crippen molar-refractivity contribution in [3.05, 3.63) is 29.6 Å². The van der Waals surface area contributed by atoms with Crippen LogP contribution in [0.4, 0.5) is 0 Å². The van der Waals surface area contributed by atoms with E-state index in [1.54, 1.807) is 25.1 Å². The van der Waals surface area contributed by atoms with Crippen molar-refractivity contribution in [2.45, 2.75) is 44.6 Å². The molecule has 0 bridgehead atoms. The molecule has 1 amide bonds. The fraction of sp³-hybridized carbons (Fsp3) is 0.474. The quantitative estimate of drug-likeness (QED) is 0.824. The Morgan fingerprint density at radius 3 is 2.57 bits per heavy atom. The summed E-state index contributed by atoms with van der Waals surface area (Å²) in [7, 11) is 0.